The number of carbonyl (C=O) groups excluding carboxylic acids is 2. The number of pyridine rings is 1. The summed E-state index contributed by atoms with van der Waals surface area (Å²) in [4.78, 5) is 28.2. The van der Waals surface area contributed by atoms with Gasteiger partial charge in [-0.25, -0.2) is 0 Å². The van der Waals surface area contributed by atoms with Crippen molar-refractivity contribution in [1.82, 2.24) is 15.2 Å². The van der Waals surface area contributed by atoms with Crippen LogP contribution in [-0.2, 0) is 15.7 Å². The number of benzene rings is 1. The first-order chi connectivity index (χ1) is 15.3. The molecule has 0 aliphatic carbocycles. The minimum atomic E-state index is -4.77. The van der Waals surface area contributed by atoms with Crippen LogP contribution in [0.2, 0.25) is 0 Å². The van der Waals surface area contributed by atoms with Crippen molar-refractivity contribution < 1.29 is 31.9 Å². The highest BCUT2D eigenvalue weighted by Gasteiger charge is 2.36. The Hall–Kier alpha value is -3.41. The van der Waals surface area contributed by atoms with Gasteiger partial charge in [0.1, 0.15) is 6.54 Å². The van der Waals surface area contributed by atoms with E-state index in [4.69, 9.17) is 9.15 Å². The van der Waals surface area contributed by atoms with Crippen LogP contribution in [0.1, 0.15) is 22.8 Å². The predicted molar refractivity (Wildman–Crippen MR) is 109 cm³/mol. The van der Waals surface area contributed by atoms with Crippen LogP contribution in [-0.4, -0.2) is 45.8 Å². The summed E-state index contributed by atoms with van der Waals surface area (Å²) >= 11 is 0.807. The summed E-state index contributed by atoms with van der Waals surface area (Å²) < 4.78 is 50.8. The normalized spacial score (nSPS) is 11.2. The van der Waals surface area contributed by atoms with Crippen molar-refractivity contribution in [2.45, 2.75) is 18.3 Å². The lowest BCUT2D eigenvalue weighted by atomic mass is 10.0. The number of carbonyl (C=O) groups is 2. The monoisotopic (exact) mass is 466 g/mol. The number of nitrogens with one attached hydrogen (secondary N) is 1. The van der Waals surface area contributed by atoms with Crippen LogP contribution in [0, 0.1) is 0 Å². The molecule has 3 rings (SSSR count). The number of hydrogen-bond donors (Lipinski definition) is 1. The van der Waals surface area contributed by atoms with Gasteiger partial charge in [0.25, 0.3) is 5.22 Å². The first kappa shape index (κ1) is 23.3. The highest BCUT2D eigenvalue weighted by molar-refractivity contribution is 7.99. The molecule has 32 heavy (non-hydrogen) atoms. The first-order valence-corrected chi connectivity index (χ1v) is 10.3. The van der Waals surface area contributed by atoms with Crippen LogP contribution in [0.4, 0.5) is 18.9 Å². The van der Waals surface area contributed by atoms with Gasteiger partial charge in [0.15, 0.2) is 5.78 Å². The van der Waals surface area contributed by atoms with Gasteiger partial charge in [-0.2, -0.15) is 13.2 Å². The molecular formula is C20H17F3N4O4S. The summed E-state index contributed by atoms with van der Waals surface area (Å²) in [6, 6.07) is 6.55. The lowest BCUT2D eigenvalue weighted by Gasteiger charge is -2.16. The average molecular weight is 466 g/mol. The molecule has 8 nitrogen and oxygen atoms in total. The van der Waals surface area contributed by atoms with E-state index in [1.807, 2.05) is 0 Å². The summed E-state index contributed by atoms with van der Waals surface area (Å²) in [6.45, 7) is 1.34. The van der Waals surface area contributed by atoms with Crippen molar-refractivity contribution in [2.24, 2.45) is 0 Å². The predicted octanol–water partition coefficient (Wildman–Crippen LogP) is 4.10. The smallest absolute Gasteiger partial charge is 0.417 e. The van der Waals surface area contributed by atoms with E-state index in [0.717, 1.165) is 23.9 Å². The Kier molecular flexibility index (Phi) is 7.46. The lowest BCUT2D eigenvalue weighted by Crippen LogP contribution is -2.21. The number of halogens is 3. The maximum atomic E-state index is 13.5. The Morgan fingerprint density at radius 3 is 2.59 bits per heavy atom. The molecule has 12 heteroatoms. The van der Waals surface area contributed by atoms with Crippen LogP contribution in [0.5, 0.6) is 0 Å². The van der Waals surface area contributed by atoms with Crippen LogP contribution in [0.3, 0.4) is 0 Å². The number of rotatable bonds is 9. The fourth-order valence-corrected chi connectivity index (χ4v) is 3.33. The van der Waals surface area contributed by atoms with Crippen molar-refractivity contribution in [3.8, 4) is 11.5 Å². The van der Waals surface area contributed by atoms with E-state index in [-0.39, 0.29) is 35.7 Å². The third-order valence-electron chi connectivity index (χ3n) is 4.04. The van der Waals surface area contributed by atoms with Gasteiger partial charge in [0.2, 0.25) is 5.89 Å². The van der Waals surface area contributed by atoms with Gasteiger partial charge in [0.05, 0.1) is 23.5 Å². The second-order valence-corrected chi connectivity index (χ2v) is 7.13. The molecular weight excluding hydrogens is 449 g/mol. The van der Waals surface area contributed by atoms with E-state index >= 15 is 0 Å². The Morgan fingerprint density at radius 2 is 1.91 bits per heavy atom. The second kappa shape index (κ2) is 10.3. The highest BCUT2D eigenvalue weighted by Crippen LogP contribution is 2.36. The molecule has 0 aliphatic heterocycles. The average Bonchev–Trinajstić information content (AvgIpc) is 3.25. The number of esters is 1. The summed E-state index contributed by atoms with van der Waals surface area (Å²) in [6.07, 6.45) is -1.69. The molecule has 1 aromatic carbocycles. The Balaban J connectivity index is 1.78. The van der Waals surface area contributed by atoms with Crippen molar-refractivity contribution in [1.29, 1.82) is 0 Å². The lowest BCUT2D eigenvalue weighted by molar-refractivity contribution is -0.141. The van der Waals surface area contributed by atoms with Gasteiger partial charge in [-0.05, 0) is 31.2 Å². The molecule has 2 heterocycles. The second-order valence-electron chi connectivity index (χ2n) is 6.21. The third-order valence-corrected chi connectivity index (χ3v) is 4.86. The summed E-state index contributed by atoms with van der Waals surface area (Å²) in [5.41, 5.74) is -1.20. The maximum Gasteiger partial charge on any atom is 0.417 e. The molecule has 0 saturated carbocycles. The molecule has 168 valence electrons. The number of aromatic nitrogens is 3. The Labute approximate surface area is 184 Å². The zero-order valence-electron chi connectivity index (χ0n) is 16.7. The molecule has 0 unspecified atom stereocenters. The molecule has 0 saturated heterocycles. The van der Waals surface area contributed by atoms with E-state index in [9.17, 15) is 22.8 Å². The largest absolute Gasteiger partial charge is 0.465 e. The highest BCUT2D eigenvalue weighted by atomic mass is 32.2. The topological polar surface area (TPSA) is 107 Å². The fraction of sp³-hybridized carbons (Fsp3) is 0.250. The van der Waals surface area contributed by atoms with Gasteiger partial charge in [-0.3, -0.25) is 14.6 Å². The zero-order chi connectivity index (χ0) is 23.1. The van der Waals surface area contributed by atoms with E-state index in [1.54, 1.807) is 19.1 Å². The molecule has 0 fully saturated rings. The van der Waals surface area contributed by atoms with Crippen molar-refractivity contribution in [3.63, 3.8) is 0 Å². The van der Waals surface area contributed by atoms with Crippen molar-refractivity contribution in [3.05, 3.63) is 53.9 Å². The minimum absolute atomic E-state index is 0.0238. The number of Topliss-reactive ketones (excluding diaryl/α,β-unsaturated/α-hetero) is 1. The molecule has 0 amide bonds. The van der Waals surface area contributed by atoms with E-state index in [2.05, 4.69) is 20.5 Å². The van der Waals surface area contributed by atoms with Crippen LogP contribution < -0.4 is 5.32 Å². The number of hydrogen-bond acceptors (Lipinski definition) is 9. The standard InChI is InChI=1S/C20H17F3N4O4S/c1-2-30-16(29)10-25-14-5-3-4-13(20(21,22)23)17(14)15(28)11-32-19-27-26-18(31-19)12-6-8-24-9-7-12/h3-9,25H,2,10-11H2,1H3. The van der Waals surface area contributed by atoms with E-state index < -0.39 is 29.1 Å². The molecule has 0 aliphatic rings. The minimum Gasteiger partial charge on any atom is -0.465 e. The van der Waals surface area contributed by atoms with Gasteiger partial charge >= 0.3 is 12.1 Å². The van der Waals surface area contributed by atoms with E-state index in [1.165, 1.54) is 18.5 Å². The summed E-state index contributed by atoms with van der Waals surface area (Å²) in [5, 5.41) is 10.2. The van der Waals surface area contributed by atoms with Gasteiger partial charge in [-0.1, -0.05) is 17.8 Å². The molecule has 3 aromatic rings. The molecule has 2 aromatic heterocycles. The van der Waals surface area contributed by atoms with Crippen LogP contribution in [0.25, 0.3) is 11.5 Å². The number of ketones is 1. The molecule has 0 bridgehead atoms. The van der Waals surface area contributed by atoms with Crippen molar-refractivity contribution >= 4 is 29.2 Å². The van der Waals surface area contributed by atoms with E-state index in [0.29, 0.717) is 5.56 Å². The van der Waals surface area contributed by atoms with Gasteiger partial charge in [-0.15, -0.1) is 10.2 Å². The third kappa shape index (κ3) is 5.84. The van der Waals surface area contributed by atoms with Gasteiger partial charge < -0.3 is 14.5 Å². The number of nitrogens with zero attached hydrogens (tertiary/aromatic N) is 3. The number of alkyl halides is 3. The number of thioether (sulfide) groups is 1. The summed E-state index contributed by atoms with van der Waals surface area (Å²) in [5.74, 6) is -1.68. The van der Waals surface area contributed by atoms with Crippen molar-refractivity contribution in [2.75, 3.05) is 24.2 Å². The Morgan fingerprint density at radius 1 is 1.16 bits per heavy atom. The molecule has 0 radical (unpaired) electrons. The quantitative estimate of drug-likeness (QED) is 0.283. The molecule has 1 N–H and O–H groups in total. The van der Waals surface area contributed by atoms with Gasteiger partial charge in [0, 0.05) is 23.6 Å². The Bertz CT molecular complexity index is 1090. The summed E-state index contributed by atoms with van der Waals surface area (Å²) in [7, 11) is 0. The first-order valence-electron chi connectivity index (χ1n) is 9.29. The fourth-order valence-electron chi connectivity index (χ4n) is 2.69. The molecule has 0 spiro atoms. The molecule has 0 atom stereocenters. The number of anilines is 1. The maximum absolute atomic E-state index is 13.5. The number of ether oxygens (including phenoxy) is 1. The van der Waals surface area contributed by atoms with Crippen LogP contribution >= 0.6 is 11.8 Å². The van der Waals surface area contributed by atoms with Crippen LogP contribution in [0.15, 0.2) is 52.4 Å². The SMILES string of the molecule is CCOC(=O)CNc1cccc(C(F)(F)F)c1C(=O)CSc1nnc(-c2ccncc2)o1. The zero-order valence-corrected chi connectivity index (χ0v) is 17.5.